The summed E-state index contributed by atoms with van der Waals surface area (Å²) in [6, 6.07) is 6.69. The van der Waals surface area contributed by atoms with Crippen LogP contribution in [-0.2, 0) is 19.6 Å². The van der Waals surface area contributed by atoms with Crippen LogP contribution in [0.5, 0.6) is 0 Å². The molecule has 8 heteroatoms. The zero-order chi connectivity index (χ0) is 20.9. The standard InChI is InChI=1S/C21H32N2O5S/c1-15-6-2-5-9-20(15)29(26,27)22-13-12-17-10-11-18(19(14-24)28-17)23-21(25)16-7-3-4-8-16/h2,5-6,9,16-19,22,24H,3-4,7-8,10-14H2,1H3,(H,23,25)/t17-,18+,19-/m1/s1. The molecule has 2 aliphatic rings. The third-order valence-corrected chi connectivity index (χ3v) is 7.61. The minimum atomic E-state index is -3.56. The number of carbonyl (C=O) groups is 1. The Kier molecular flexibility index (Phi) is 7.67. The molecule has 1 aliphatic heterocycles. The lowest BCUT2D eigenvalue weighted by atomic mass is 9.96. The number of amides is 1. The van der Waals surface area contributed by atoms with Crippen LogP contribution in [0.3, 0.4) is 0 Å². The number of carbonyl (C=O) groups excluding carboxylic acids is 1. The molecular formula is C21H32N2O5S. The van der Waals surface area contributed by atoms with E-state index in [0.29, 0.717) is 12.0 Å². The van der Waals surface area contributed by atoms with E-state index in [4.69, 9.17) is 4.74 Å². The molecule has 0 unspecified atom stereocenters. The van der Waals surface area contributed by atoms with Gasteiger partial charge in [-0.2, -0.15) is 0 Å². The van der Waals surface area contributed by atoms with Gasteiger partial charge in [0, 0.05) is 12.5 Å². The van der Waals surface area contributed by atoms with Crippen molar-refractivity contribution in [1.29, 1.82) is 0 Å². The summed E-state index contributed by atoms with van der Waals surface area (Å²) in [6.07, 6.45) is 5.44. The van der Waals surface area contributed by atoms with Crippen molar-refractivity contribution in [3.05, 3.63) is 29.8 Å². The molecule has 1 aromatic carbocycles. The highest BCUT2D eigenvalue weighted by Crippen LogP contribution is 2.27. The molecule has 0 spiro atoms. The number of rotatable bonds is 8. The minimum absolute atomic E-state index is 0.0685. The van der Waals surface area contributed by atoms with Crippen LogP contribution in [0.25, 0.3) is 0 Å². The Morgan fingerprint density at radius 1 is 1.17 bits per heavy atom. The van der Waals surface area contributed by atoms with Gasteiger partial charge in [-0.05, 0) is 50.7 Å². The molecule has 7 nitrogen and oxygen atoms in total. The molecule has 1 heterocycles. The lowest BCUT2D eigenvalue weighted by Crippen LogP contribution is -2.52. The van der Waals surface area contributed by atoms with Gasteiger partial charge in [0.2, 0.25) is 15.9 Å². The topological polar surface area (TPSA) is 105 Å². The van der Waals surface area contributed by atoms with E-state index in [9.17, 15) is 18.3 Å². The molecule has 3 rings (SSSR count). The molecule has 1 saturated carbocycles. The minimum Gasteiger partial charge on any atom is -0.394 e. The fourth-order valence-electron chi connectivity index (χ4n) is 4.29. The third-order valence-electron chi connectivity index (χ3n) is 5.99. The van der Waals surface area contributed by atoms with Gasteiger partial charge in [-0.1, -0.05) is 31.0 Å². The maximum Gasteiger partial charge on any atom is 0.240 e. The van der Waals surface area contributed by atoms with Crippen LogP contribution >= 0.6 is 0 Å². The summed E-state index contributed by atoms with van der Waals surface area (Å²) >= 11 is 0. The van der Waals surface area contributed by atoms with Crippen molar-refractivity contribution in [3.8, 4) is 0 Å². The molecule has 1 aliphatic carbocycles. The van der Waals surface area contributed by atoms with E-state index in [0.717, 1.165) is 38.5 Å². The van der Waals surface area contributed by atoms with Crippen molar-refractivity contribution in [3.63, 3.8) is 0 Å². The van der Waals surface area contributed by atoms with Crippen LogP contribution < -0.4 is 10.0 Å². The first-order valence-electron chi connectivity index (χ1n) is 10.5. The van der Waals surface area contributed by atoms with E-state index >= 15 is 0 Å². The average molecular weight is 425 g/mol. The molecule has 0 aromatic heterocycles. The van der Waals surface area contributed by atoms with E-state index in [1.54, 1.807) is 31.2 Å². The van der Waals surface area contributed by atoms with Crippen LogP contribution in [0, 0.1) is 12.8 Å². The summed E-state index contributed by atoms with van der Waals surface area (Å²) in [5, 5.41) is 12.8. The lowest BCUT2D eigenvalue weighted by molar-refractivity contribution is -0.131. The number of benzene rings is 1. The van der Waals surface area contributed by atoms with E-state index in [-0.39, 0.29) is 42.0 Å². The van der Waals surface area contributed by atoms with Gasteiger partial charge < -0.3 is 15.2 Å². The van der Waals surface area contributed by atoms with Gasteiger partial charge in [-0.3, -0.25) is 4.79 Å². The number of hydrogen-bond acceptors (Lipinski definition) is 5. The van der Waals surface area contributed by atoms with Crippen molar-refractivity contribution in [2.45, 2.75) is 75.0 Å². The number of aliphatic hydroxyl groups is 1. The number of aryl methyl sites for hydroxylation is 1. The summed E-state index contributed by atoms with van der Waals surface area (Å²) in [6.45, 7) is 1.87. The summed E-state index contributed by atoms with van der Waals surface area (Å²) in [7, 11) is -3.56. The molecule has 3 N–H and O–H groups in total. The molecular weight excluding hydrogens is 392 g/mol. The number of aliphatic hydroxyl groups excluding tert-OH is 1. The summed E-state index contributed by atoms with van der Waals surface area (Å²) in [4.78, 5) is 12.7. The van der Waals surface area contributed by atoms with E-state index in [2.05, 4.69) is 10.0 Å². The first-order chi connectivity index (χ1) is 13.9. The average Bonchev–Trinajstić information content (AvgIpc) is 3.24. The Morgan fingerprint density at radius 2 is 1.90 bits per heavy atom. The van der Waals surface area contributed by atoms with Gasteiger partial charge in [0.25, 0.3) is 0 Å². The Labute approximate surface area is 173 Å². The van der Waals surface area contributed by atoms with Gasteiger partial charge in [-0.15, -0.1) is 0 Å². The summed E-state index contributed by atoms with van der Waals surface area (Å²) in [5.41, 5.74) is 0.704. The zero-order valence-electron chi connectivity index (χ0n) is 17.0. The number of sulfonamides is 1. The normalized spacial score (nSPS) is 25.8. The highest BCUT2D eigenvalue weighted by atomic mass is 32.2. The Bertz CT molecular complexity index is 792. The molecule has 29 heavy (non-hydrogen) atoms. The largest absolute Gasteiger partial charge is 0.394 e. The van der Waals surface area contributed by atoms with E-state index < -0.39 is 16.1 Å². The zero-order valence-corrected chi connectivity index (χ0v) is 17.8. The Morgan fingerprint density at radius 3 is 2.59 bits per heavy atom. The number of ether oxygens (including phenoxy) is 1. The SMILES string of the molecule is Cc1ccccc1S(=O)(=O)NCC[C@H]1CC[C@H](NC(=O)C2CCCC2)[C@@H](CO)O1. The van der Waals surface area contributed by atoms with Crippen LogP contribution in [-0.4, -0.2) is 50.8 Å². The van der Waals surface area contributed by atoms with Crippen LogP contribution in [0.4, 0.5) is 0 Å². The van der Waals surface area contributed by atoms with Gasteiger partial charge in [0.1, 0.15) is 6.10 Å². The van der Waals surface area contributed by atoms with Gasteiger partial charge >= 0.3 is 0 Å². The predicted octanol–water partition coefficient (Wildman–Crippen LogP) is 1.88. The van der Waals surface area contributed by atoms with Crippen LogP contribution in [0.1, 0.15) is 50.5 Å². The smallest absolute Gasteiger partial charge is 0.240 e. The fourth-order valence-corrected chi connectivity index (χ4v) is 5.58. The maximum absolute atomic E-state index is 12.5. The third kappa shape index (κ3) is 5.78. The molecule has 0 radical (unpaired) electrons. The Hall–Kier alpha value is -1.48. The van der Waals surface area contributed by atoms with Crippen molar-refractivity contribution in [2.24, 2.45) is 5.92 Å². The fraction of sp³-hybridized carbons (Fsp3) is 0.667. The number of nitrogens with one attached hydrogen (secondary N) is 2. The lowest BCUT2D eigenvalue weighted by Gasteiger charge is -2.36. The van der Waals surface area contributed by atoms with Crippen molar-refractivity contribution in [2.75, 3.05) is 13.2 Å². The molecule has 1 aromatic rings. The first-order valence-corrected chi connectivity index (χ1v) is 12.0. The second kappa shape index (κ2) is 10.0. The molecule has 0 bridgehead atoms. The quantitative estimate of drug-likeness (QED) is 0.591. The van der Waals surface area contributed by atoms with Gasteiger partial charge in [0.15, 0.2) is 0 Å². The van der Waals surface area contributed by atoms with Gasteiger partial charge in [0.05, 0.1) is 23.6 Å². The second-order valence-electron chi connectivity index (χ2n) is 8.10. The maximum atomic E-state index is 12.5. The van der Waals surface area contributed by atoms with Crippen LogP contribution in [0.15, 0.2) is 29.2 Å². The van der Waals surface area contributed by atoms with E-state index in [1.165, 1.54) is 0 Å². The summed E-state index contributed by atoms with van der Waals surface area (Å²) < 4.78 is 33.5. The molecule has 1 saturated heterocycles. The molecule has 162 valence electrons. The van der Waals surface area contributed by atoms with Crippen molar-refractivity contribution in [1.82, 2.24) is 10.0 Å². The van der Waals surface area contributed by atoms with Crippen molar-refractivity contribution < 1.29 is 23.1 Å². The summed E-state index contributed by atoms with van der Waals surface area (Å²) in [5.74, 6) is 0.155. The van der Waals surface area contributed by atoms with Crippen molar-refractivity contribution >= 4 is 15.9 Å². The number of hydrogen-bond donors (Lipinski definition) is 3. The van der Waals surface area contributed by atoms with Gasteiger partial charge in [-0.25, -0.2) is 13.1 Å². The highest BCUT2D eigenvalue weighted by molar-refractivity contribution is 7.89. The first kappa shape index (κ1) is 22.2. The second-order valence-corrected chi connectivity index (χ2v) is 9.84. The molecule has 3 atom stereocenters. The molecule has 2 fully saturated rings. The highest BCUT2D eigenvalue weighted by Gasteiger charge is 2.34. The monoisotopic (exact) mass is 424 g/mol. The molecule has 1 amide bonds. The van der Waals surface area contributed by atoms with Crippen LogP contribution in [0.2, 0.25) is 0 Å². The predicted molar refractivity (Wildman–Crippen MR) is 110 cm³/mol. The van der Waals surface area contributed by atoms with E-state index in [1.807, 2.05) is 0 Å². The Balaban J connectivity index is 1.47.